The fraction of sp³-hybridized carbons (Fsp3) is 0.899. The lowest BCUT2D eigenvalue weighted by Crippen LogP contribution is -2.64. The van der Waals surface area contributed by atoms with E-state index in [1.165, 1.54) is 46.5 Å². The van der Waals surface area contributed by atoms with E-state index in [0.717, 1.165) is 51.4 Å². The van der Waals surface area contributed by atoms with Crippen LogP contribution in [0.15, 0.2) is 0 Å². The van der Waals surface area contributed by atoms with Crippen molar-refractivity contribution in [3.05, 3.63) is 0 Å². The van der Waals surface area contributed by atoms with Crippen molar-refractivity contribution in [3.63, 3.8) is 0 Å². The number of hydrogen-bond acceptors (Lipinski definition) is 29. The summed E-state index contributed by atoms with van der Waals surface area (Å²) >= 11 is 5.19. The molecule has 0 bridgehead atoms. The van der Waals surface area contributed by atoms with Gasteiger partial charge in [0.05, 0.1) is 72.2 Å². The Morgan fingerprint density at radius 1 is 0.376 bits per heavy atom. The Morgan fingerprint density at radius 3 is 1.02 bits per heavy atom. The first kappa shape index (κ1) is 105. The molecule has 4 fully saturated rings. The number of nitrogens with one attached hydrogen (secondary N) is 7. The molecule has 1 saturated carbocycles. The number of aliphatic hydroxyl groups excluding tert-OH is 9. The Hall–Kier alpha value is -4.23. The topological polar surface area (TPSA) is 525 Å². The average molecular weight is 1720 g/mol. The number of unbranched alkanes of at least 4 members (excludes halogenated alkanes) is 18. The van der Waals surface area contributed by atoms with E-state index in [-0.39, 0.29) is 121 Å². The summed E-state index contributed by atoms with van der Waals surface area (Å²) in [6.45, 7) is 3.99. The minimum atomic E-state index is -3.30. The van der Waals surface area contributed by atoms with Gasteiger partial charge < -0.3 is 140 Å². The molecule has 0 spiro atoms. The smallest absolute Gasteiger partial charge is 0.324 e. The summed E-state index contributed by atoms with van der Waals surface area (Å²) < 4.78 is 64.5. The highest BCUT2D eigenvalue weighted by molar-refractivity contribution is 8.07. The van der Waals surface area contributed by atoms with Crippen LogP contribution in [0.5, 0.6) is 0 Å². The van der Waals surface area contributed by atoms with E-state index in [1.54, 1.807) is 0 Å². The molecule has 0 aromatic carbocycles. The van der Waals surface area contributed by atoms with Gasteiger partial charge in [0.1, 0.15) is 78.8 Å². The van der Waals surface area contributed by atoms with E-state index >= 15 is 0 Å². The first-order valence-corrected chi connectivity index (χ1v) is 45.3. The minimum Gasteiger partial charge on any atom is -0.394 e. The van der Waals surface area contributed by atoms with Gasteiger partial charge in [0.2, 0.25) is 41.4 Å². The van der Waals surface area contributed by atoms with E-state index in [4.69, 9.17) is 63.5 Å². The summed E-state index contributed by atoms with van der Waals surface area (Å²) in [5.74, 6) is -3.73. The zero-order valence-electron chi connectivity index (χ0n) is 69.5. The third kappa shape index (κ3) is 43.6. The van der Waals surface area contributed by atoms with Crippen LogP contribution in [-0.4, -0.2) is 308 Å². The van der Waals surface area contributed by atoms with Gasteiger partial charge in [-0.2, -0.15) is 0 Å². The van der Waals surface area contributed by atoms with Crippen molar-refractivity contribution in [3.8, 4) is 0 Å². The lowest BCUT2D eigenvalue weighted by molar-refractivity contribution is -0.270. The summed E-state index contributed by atoms with van der Waals surface area (Å²) in [5.41, 5.74) is 0. The van der Waals surface area contributed by atoms with Crippen molar-refractivity contribution >= 4 is 65.7 Å². The second kappa shape index (κ2) is 62.0. The van der Waals surface area contributed by atoms with E-state index in [9.17, 15) is 89.2 Å². The van der Waals surface area contributed by atoms with Gasteiger partial charge in [-0.3, -0.25) is 38.4 Å². The fourth-order valence-corrected chi connectivity index (χ4v) is 15.8. The van der Waals surface area contributed by atoms with E-state index in [0.29, 0.717) is 123 Å². The number of rotatable bonds is 66. The van der Waals surface area contributed by atoms with E-state index < -0.39 is 160 Å². The number of carbonyl (C=O) groups excluding carboxylic acids is 8. The highest BCUT2D eigenvalue weighted by atomic mass is 32.5. The van der Waals surface area contributed by atoms with Crippen LogP contribution in [0.2, 0.25) is 0 Å². The summed E-state index contributed by atoms with van der Waals surface area (Å²) in [7, 11) is 0. The van der Waals surface area contributed by atoms with Crippen LogP contribution in [0.1, 0.15) is 227 Å². The van der Waals surface area contributed by atoms with E-state index in [1.807, 2.05) is 0 Å². The molecular weight excluding hydrogens is 1570 g/mol. The summed E-state index contributed by atoms with van der Waals surface area (Å²) in [6, 6.07) is -3.16. The number of ketones is 1. The van der Waals surface area contributed by atoms with Crippen molar-refractivity contribution in [1.82, 2.24) is 37.2 Å². The molecule has 3 saturated heterocycles. The van der Waals surface area contributed by atoms with Gasteiger partial charge in [0.25, 0.3) is 0 Å². The average Bonchev–Trinajstić information content (AvgIpc) is 0.834. The van der Waals surface area contributed by atoms with Gasteiger partial charge in [0, 0.05) is 117 Å². The molecular formula is C79H144N7O29PS. The first-order chi connectivity index (χ1) is 56.2. The molecule has 3 heterocycles. The molecule has 1 aliphatic carbocycles. The molecule has 38 heteroatoms. The molecule has 18 atom stereocenters. The highest BCUT2D eigenvalue weighted by Gasteiger charge is 2.48. The quantitative estimate of drug-likeness (QED) is 0.0303. The van der Waals surface area contributed by atoms with Crippen molar-refractivity contribution in [2.24, 2.45) is 17.8 Å². The van der Waals surface area contributed by atoms with Crippen LogP contribution in [0.25, 0.3) is 0 Å². The summed E-state index contributed by atoms with van der Waals surface area (Å²) in [4.78, 5) is 113. The van der Waals surface area contributed by atoms with Crippen molar-refractivity contribution in [1.29, 1.82) is 0 Å². The molecule has 0 aromatic heterocycles. The van der Waals surface area contributed by atoms with Crippen LogP contribution in [0, 0.1) is 17.8 Å². The van der Waals surface area contributed by atoms with Crippen molar-refractivity contribution in [2.45, 2.75) is 325 Å². The first-order valence-electron chi connectivity index (χ1n) is 42.8. The standard InChI is InChI=1S/C79H144N7O29PS/c1-5-6-7-8-9-14-26-41-111-116(104,117)112-42-27-18-13-22-34-80-63(94)30-28-29-59(93)56-46-57(51-105-43-31-64(95)81-35-19-10-15-23-38-108-77-67(84-53(2)90)73(101)70(98)60(48-87)113-77)76(107-45-33-66(97)83-37-21-12-17-25-40-110-79-69(86-55(4)92)75(103)72(100)62(50-89)115-79)58(47-56)52-106-44-32-65(96)82-36-20-11-16-24-39-109-78-68(85-54(3)91)74(102)71(99)61(49-88)114-78/h56-58,60-62,67-79,87-89,98-103H,5-52H2,1-4H3,(H,80,94)(H,81,95)(H,82,96)(H,83,97)(H,84,90)(H,85,91)(H,86,92)(H,104,117). The lowest BCUT2D eigenvalue weighted by atomic mass is 9.71. The van der Waals surface area contributed by atoms with Crippen LogP contribution in [0.4, 0.5) is 0 Å². The maximum Gasteiger partial charge on any atom is 0.324 e. The largest absolute Gasteiger partial charge is 0.394 e. The van der Waals surface area contributed by atoms with Gasteiger partial charge in [-0.25, -0.2) is 0 Å². The molecule has 0 radical (unpaired) electrons. The second-order valence-corrected chi connectivity index (χ2v) is 33.8. The zero-order valence-corrected chi connectivity index (χ0v) is 71.2. The number of carbonyl (C=O) groups is 8. The molecule has 36 nitrogen and oxygen atoms in total. The summed E-state index contributed by atoms with van der Waals surface area (Å²) in [6.07, 6.45) is 4.21. The van der Waals surface area contributed by atoms with Gasteiger partial charge in [-0.1, -0.05) is 96.8 Å². The molecule has 4 aliphatic rings. The van der Waals surface area contributed by atoms with Crippen LogP contribution in [-0.2, 0) is 102 Å². The van der Waals surface area contributed by atoms with Gasteiger partial charge >= 0.3 is 6.72 Å². The van der Waals surface area contributed by atoms with E-state index in [2.05, 4.69) is 44.1 Å². The molecule has 680 valence electrons. The Balaban J connectivity index is 1.33. The summed E-state index contributed by atoms with van der Waals surface area (Å²) in [5, 5.41) is 111. The SMILES string of the molecule is CCCCCCCCCOP(O)(=S)OCCCCCCNC(=O)CCCC(=O)C1CC(COCCC(=O)NCCCCCCOC2OC(CO)C(O)C(O)C2NC(C)=O)C(OCCC(=O)NCCCCCCOC2OC(CO)C(O)C(O)C2NC(C)=O)C(COCCC(=O)NCCCCCCOC2OC(CO)C(O)C(O)C2NC(C)=O)C1. The highest BCUT2D eigenvalue weighted by Crippen LogP contribution is 2.44. The van der Waals surface area contributed by atoms with Gasteiger partial charge in [-0.15, -0.1) is 0 Å². The van der Waals surface area contributed by atoms with Crippen LogP contribution in [0.3, 0.4) is 0 Å². The monoisotopic (exact) mass is 1720 g/mol. The predicted octanol–water partition coefficient (Wildman–Crippen LogP) is 1.54. The number of ether oxygens (including phenoxy) is 9. The molecule has 4 rings (SSSR count). The Kier molecular flexibility index (Phi) is 55.7. The second-order valence-electron chi connectivity index (χ2n) is 31.0. The predicted molar refractivity (Wildman–Crippen MR) is 430 cm³/mol. The molecule has 17 N–H and O–H groups in total. The zero-order chi connectivity index (χ0) is 85.8. The Bertz CT molecular complexity index is 2730. The minimum absolute atomic E-state index is 0.00279. The van der Waals surface area contributed by atoms with Crippen molar-refractivity contribution in [2.75, 3.05) is 112 Å². The lowest BCUT2D eigenvalue weighted by Gasteiger charge is -2.42. The van der Waals surface area contributed by atoms with Crippen LogP contribution < -0.4 is 37.2 Å². The Morgan fingerprint density at radius 2 is 0.684 bits per heavy atom. The molecule has 18 unspecified atom stereocenters. The number of hydrogen-bond donors (Lipinski definition) is 17. The van der Waals surface area contributed by atoms with Crippen LogP contribution >= 0.6 is 6.72 Å². The normalized spacial score (nSPS) is 27.1. The number of amides is 7. The molecule has 7 amide bonds. The maximum atomic E-state index is 14.3. The molecule has 3 aliphatic heterocycles. The fourth-order valence-electron chi connectivity index (χ4n) is 14.5. The maximum absolute atomic E-state index is 14.3. The number of Topliss-reactive ketones (excluding diaryl/α,β-unsaturated/α-hetero) is 1. The Labute approximate surface area is 695 Å². The van der Waals surface area contributed by atoms with Gasteiger partial charge in [-0.05, 0) is 88.9 Å². The third-order valence-corrected chi connectivity index (χ3v) is 22.7. The molecule has 117 heavy (non-hydrogen) atoms. The third-order valence-electron chi connectivity index (χ3n) is 21.1. The van der Waals surface area contributed by atoms with Gasteiger partial charge in [0.15, 0.2) is 18.9 Å². The molecule has 0 aromatic rings. The van der Waals surface area contributed by atoms with Crippen molar-refractivity contribution < 1.29 is 141 Å². The number of aliphatic hydroxyl groups is 9.